The molecule has 635 valence electrons. The maximum Gasteiger partial charge on any atom is 0 e. The zero-order chi connectivity index (χ0) is 86.2. The van der Waals surface area contributed by atoms with E-state index in [1.54, 1.807) is 0 Å². The largest absolute Gasteiger partial charge is 0.341 e. The molecule has 0 N–H and O–H groups in total. The molecule has 7 aliphatic carbocycles. The Kier molecular flexibility index (Phi) is 37.8. The average molecular weight is 2260 g/mol. The number of fused-ring (bicyclic) bond motifs is 21. The Labute approximate surface area is 979 Å². The fraction of sp³-hybridized carbons (Fsp3) is 0.0620. The number of benzene rings is 20. The number of hydrogen-bond donors (Lipinski definition) is 0. The molecule has 20 aromatic carbocycles. The number of rotatable bonds is 7. The molecule has 0 aliphatic heterocycles. The Morgan fingerprint density at radius 2 is 0.551 bits per heavy atom. The van der Waals surface area contributed by atoms with Crippen LogP contribution in [0.25, 0.3) is 145 Å². The summed E-state index contributed by atoms with van der Waals surface area (Å²) in [7, 11) is 0. The quantitative estimate of drug-likeness (QED) is 0.140. The van der Waals surface area contributed by atoms with E-state index < -0.39 is 0 Å². The Balaban J connectivity index is 0.000000126. The van der Waals surface area contributed by atoms with Crippen LogP contribution in [-0.2, 0) is 280 Å². The van der Waals surface area contributed by atoms with E-state index in [1.807, 2.05) is 109 Å². The molecular formula is C129H84Y7-14. The van der Waals surface area contributed by atoms with E-state index in [4.69, 9.17) is 0 Å². The third-order valence-corrected chi connectivity index (χ3v) is 25.4. The van der Waals surface area contributed by atoms with Crippen LogP contribution in [0.5, 0.6) is 0 Å². The van der Waals surface area contributed by atoms with Crippen LogP contribution in [0.1, 0.15) is 83.5 Å². The second-order valence-electron chi connectivity index (χ2n) is 33.2. The van der Waals surface area contributed by atoms with Gasteiger partial charge in [-0.3, -0.25) is 0 Å². The molecular weight excluding hydrogens is 2170 g/mol. The molecule has 0 spiro atoms. The molecule has 0 saturated carbocycles. The Morgan fingerprint density at radius 3 is 1.08 bits per heavy atom. The molecule has 0 fully saturated rings. The average Bonchev–Trinajstić information content (AvgIpc) is 1.60. The van der Waals surface area contributed by atoms with Gasteiger partial charge in [0.15, 0.2) is 0 Å². The Morgan fingerprint density at radius 1 is 0.184 bits per heavy atom. The summed E-state index contributed by atoms with van der Waals surface area (Å²) in [5.74, 6) is 0. The van der Waals surface area contributed by atoms with Gasteiger partial charge in [-0.05, 0) is 83.9 Å². The molecule has 0 bridgehead atoms. The van der Waals surface area contributed by atoms with E-state index in [1.165, 1.54) is 172 Å². The Bertz CT molecular complexity index is 7200. The summed E-state index contributed by atoms with van der Waals surface area (Å²) in [6.07, 6.45) is 7.96. The first-order valence-corrected chi connectivity index (χ1v) is 44.4. The molecule has 0 atom stereocenters. The first-order valence-electron chi connectivity index (χ1n) is 44.4. The normalized spacial score (nSPS) is 11.4. The van der Waals surface area contributed by atoms with Crippen LogP contribution < -0.4 is 0 Å². The van der Waals surface area contributed by atoms with Crippen molar-refractivity contribution in [3.05, 3.63) is 570 Å². The summed E-state index contributed by atoms with van der Waals surface area (Å²) < 4.78 is 0. The van der Waals surface area contributed by atoms with Crippen molar-refractivity contribution in [2.24, 2.45) is 0 Å². The first kappa shape index (κ1) is 104. The standard InChI is InChI=1S/6C19H12.C15H12.7Y/c1-2-7-14(8-3-1)17-12-6-10-16-13-15-9-4-5-11-18(15)19(16)17;1-2-7-14(8-3-1)16-11-6-12-18-17-10-5-4-9-15(17)13-19(16)18;2*1-2-6-14(7-3-1)15-10-11-17-12-16-8-4-5-9-18(16)19(17)13-15;2*1-2-6-14(7-3-1)15-10-11-19-17(12-15)13-16-8-4-5-9-18(16)19;1-2-11-7-8-15-13(9-11)10-12-5-3-4-6-14(12)15;;;;;;;/h1-7,9-11H,13H2;1-7,9-10,12H,13H2;1-6,8-9,11,13H,12H2;1-6,8-11H,12H2;1-6,8-9,11-12H,13H2;1-6,8-11H,13H2;3-8H,1-2,10H2;;;;;;;/q7*-2;;;;;;;. The smallest absolute Gasteiger partial charge is 0 e. The van der Waals surface area contributed by atoms with Gasteiger partial charge in [0, 0.05) is 229 Å². The summed E-state index contributed by atoms with van der Waals surface area (Å²) in [5.41, 5.74) is 53.0. The maximum atomic E-state index is 3.90. The van der Waals surface area contributed by atoms with Crippen LogP contribution in [0.3, 0.4) is 0 Å². The van der Waals surface area contributed by atoms with Gasteiger partial charge < -0.3 is 6.92 Å². The van der Waals surface area contributed by atoms with Crippen LogP contribution >= 0.6 is 0 Å². The van der Waals surface area contributed by atoms with Crippen molar-refractivity contribution in [2.75, 3.05) is 0 Å². The second kappa shape index (κ2) is 49.5. The summed E-state index contributed by atoms with van der Waals surface area (Å²) in [4.78, 5) is 0. The van der Waals surface area contributed by atoms with Crippen molar-refractivity contribution >= 4 is 0 Å². The summed E-state index contributed by atoms with van der Waals surface area (Å²) in [6.45, 7) is 3.90. The molecule has 0 nitrogen and oxygen atoms in total. The SMILES string of the molecule is [CH2-]Cc1[c-]c2c(cc1)-c1ccccc1C2.[Y].[Y].[Y].[Y].[Y].[Y].[Y].[c-]1ccccc1-c1[c-]c2c(cc1)-c1ccccc1C2.[c-]1ccccc1-c1[c-]c2c(cc1)Cc1ccccc1-2.[c-]1ccccc1-c1[c-]cc2c(c1)-c1ccccc1C2.[c-]1ccccc1-c1[c-]cc2c(c1)Cc1ccccc1-2.[c-]1ccccc1-c1[c-]ccc2c1-c1ccccc1C2.[c-]1ccccc1-c1[c-]ccc2c1Cc1ccccc1-2. The predicted molar refractivity (Wildman–Crippen MR) is 529 cm³/mol. The molecule has 0 unspecified atom stereocenters. The van der Waals surface area contributed by atoms with E-state index in [9.17, 15) is 0 Å². The molecule has 7 aliphatic rings. The van der Waals surface area contributed by atoms with Gasteiger partial charge in [-0.2, -0.15) is 266 Å². The van der Waals surface area contributed by atoms with E-state index >= 15 is 0 Å². The van der Waals surface area contributed by atoms with Crippen molar-refractivity contribution in [1.82, 2.24) is 0 Å². The predicted octanol–water partition coefficient (Wildman–Crippen LogP) is 30.6. The molecule has 20 aromatic rings. The molecule has 0 saturated heterocycles. The monoisotopic (exact) mass is 2260 g/mol. The van der Waals surface area contributed by atoms with Crippen molar-refractivity contribution in [2.45, 2.75) is 51.4 Å². The van der Waals surface area contributed by atoms with E-state index in [0.717, 1.165) is 107 Å². The molecule has 27 rings (SSSR count). The summed E-state index contributed by atoms with van der Waals surface area (Å²) in [5, 5.41) is 0. The molecule has 136 heavy (non-hydrogen) atoms. The Hall–Kier alpha value is -7.87. The third kappa shape index (κ3) is 23.1. The van der Waals surface area contributed by atoms with Gasteiger partial charge in [-0.15, -0.1) is 128 Å². The third-order valence-electron chi connectivity index (χ3n) is 25.4. The van der Waals surface area contributed by atoms with E-state index in [0.29, 0.717) is 0 Å². The fourth-order valence-corrected chi connectivity index (χ4v) is 19.1. The van der Waals surface area contributed by atoms with Crippen LogP contribution in [0.2, 0.25) is 0 Å². The summed E-state index contributed by atoms with van der Waals surface area (Å²) >= 11 is 0. The van der Waals surface area contributed by atoms with Crippen LogP contribution in [0, 0.1) is 85.8 Å². The zero-order valence-corrected chi connectivity index (χ0v) is 95.4. The number of hydrogen-bond acceptors (Lipinski definition) is 0. The summed E-state index contributed by atoms with van der Waals surface area (Å²) in [6, 6.07) is 183. The molecule has 7 heteroatoms. The van der Waals surface area contributed by atoms with Gasteiger partial charge in [0.1, 0.15) is 0 Å². The van der Waals surface area contributed by atoms with E-state index in [2.05, 4.69) is 377 Å². The van der Waals surface area contributed by atoms with Crippen molar-refractivity contribution in [3.8, 4) is 145 Å². The maximum absolute atomic E-state index is 3.90. The van der Waals surface area contributed by atoms with Gasteiger partial charge in [0.05, 0.1) is 0 Å². The van der Waals surface area contributed by atoms with Gasteiger partial charge in [-0.25, -0.2) is 61.2 Å². The van der Waals surface area contributed by atoms with Crippen LogP contribution in [-0.4, -0.2) is 0 Å². The van der Waals surface area contributed by atoms with Crippen LogP contribution in [0.4, 0.5) is 0 Å². The minimum atomic E-state index is 0. The molecule has 0 heterocycles. The molecule has 0 aromatic heterocycles. The van der Waals surface area contributed by atoms with Gasteiger partial charge >= 0.3 is 0 Å². The van der Waals surface area contributed by atoms with Gasteiger partial charge in [-0.1, -0.05) is 220 Å². The molecule has 7 radical (unpaired) electrons. The fourth-order valence-electron chi connectivity index (χ4n) is 19.1. The van der Waals surface area contributed by atoms with Gasteiger partial charge in [0.25, 0.3) is 0 Å². The first-order chi connectivity index (χ1) is 63.9. The van der Waals surface area contributed by atoms with Crippen molar-refractivity contribution in [3.63, 3.8) is 0 Å². The second-order valence-corrected chi connectivity index (χ2v) is 33.2. The van der Waals surface area contributed by atoms with Crippen molar-refractivity contribution < 1.29 is 229 Å². The molecule has 0 amide bonds. The zero-order valence-electron chi connectivity index (χ0n) is 75.5. The van der Waals surface area contributed by atoms with Crippen LogP contribution in [0.15, 0.2) is 400 Å². The minimum absolute atomic E-state index is 0. The van der Waals surface area contributed by atoms with Gasteiger partial charge in [0.2, 0.25) is 0 Å². The van der Waals surface area contributed by atoms with Crippen molar-refractivity contribution in [1.29, 1.82) is 0 Å². The minimum Gasteiger partial charge on any atom is -0.341 e. The van der Waals surface area contributed by atoms with E-state index in [-0.39, 0.29) is 229 Å². The topological polar surface area (TPSA) is 0 Å².